The van der Waals surface area contributed by atoms with E-state index in [1.165, 1.54) is 27.8 Å². The molecule has 5 nitrogen and oxygen atoms in total. The summed E-state index contributed by atoms with van der Waals surface area (Å²) in [6.45, 7) is 1.97. The van der Waals surface area contributed by atoms with Crippen LogP contribution >= 0.6 is 0 Å². The topological polar surface area (TPSA) is 33.5 Å². The maximum absolute atomic E-state index is 6.57. The van der Waals surface area contributed by atoms with Crippen LogP contribution in [0.1, 0.15) is 0 Å². The van der Waals surface area contributed by atoms with Crippen LogP contribution in [0.2, 0.25) is 0 Å². The Morgan fingerprint density at radius 1 is 0.655 bits per heavy atom. The fourth-order valence-electron chi connectivity index (χ4n) is 6.36. The number of rotatable bonds is 8. The van der Waals surface area contributed by atoms with E-state index in [-0.39, 0.29) is 42.1 Å². The van der Waals surface area contributed by atoms with Crippen LogP contribution in [0.3, 0.4) is 0 Å². The molecule has 286 valence electrons. The van der Waals surface area contributed by atoms with Crippen LogP contribution in [-0.4, -0.2) is 21.5 Å². The fourth-order valence-corrected chi connectivity index (χ4v) is 6.36. The van der Waals surface area contributed by atoms with E-state index in [1.807, 2.05) is 96.6 Å². The van der Waals surface area contributed by atoms with Gasteiger partial charge >= 0.3 is 21.1 Å². The summed E-state index contributed by atoms with van der Waals surface area (Å²) in [5, 5.41) is 0. The van der Waals surface area contributed by atoms with Crippen LogP contribution in [0.5, 0.6) is 11.5 Å². The van der Waals surface area contributed by atoms with Crippen molar-refractivity contribution in [2.45, 2.75) is 0 Å². The molecule has 0 saturated heterocycles. The van der Waals surface area contributed by atoms with Crippen molar-refractivity contribution in [2.24, 2.45) is 0 Å². The SMILES string of the molecule is CN1C=CN(c2[c-]c(Oc3[c-]c(-c4[c-]c(-c5[c-]cc(-c6c(-c7ccccc7)cccc6-c6ccccc6)cc5)ccn4)[c-]cc3)ccc2)[CH-]1.[C-]#Cn1cccc1.[Pt+4].[Pt]. The standard InChI is InChI=1S/C45H29N3O.C6H4N.2Pt/c1-47-27-28-48(32-47)39-16-9-18-41(31-39)49-40-17-8-15-38(29-40)44-30-37(25-26-46-44)33-21-23-36(24-22-33)45-42(34-11-4-2-5-12-34)19-10-20-43(45)35-13-6-3-7-14-35;1-2-7-5-3-4-6-7;;/h2-14,16-21,23-28,32H,1H3;3-6H;;/q-6;-1;;+4. The average Bonchev–Trinajstić information content (AvgIpc) is 3.97. The quantitative estimate of drug-likeness (QED) is 0.112. The number of benzene rings is 6. The first kappa shape index (κ1) is 41.5. The Kier molecular flexibility index (Phi) is 14.2. The Morgan fingerprint density at radius 3 is 1.97 bits per heavy atom. The second-order valence-electron chi connectivity index (χ2n) is 12.8. The predicted octanol–water partition coefficient (Wildman–Crippen LogP) is 11.4. The summed E-state index contributed by atoms with van der Waals surface area (Å²) in [5.74, 6) is 1.13. The maximum Gasteiger partial charge on any atom is 4.00 e. The van der Waals surface area contributed by atoms with Gasteiger partial charge in [0.2, 0.25) is 0 Å². The molecule has 0 N–H and O–H groups in total. The molecule has 7 heteroatoms. The molecule has 0 aliphatic carbocycles. The molecule has 1 aliphatic rings. The van der Waals surface area contributed by atoms with Gasteiger partial charge in [0, 0.05) is 39.2 Å². The van der Waals surface area contributed by atoms with E-state index >= 15 is 0 Å². The fraction of sp³-hybridized carbons (Fsp3) is 0.0196. The molecule has 0 atom stereocenters. The first-order valence-corrected chi connectivity index (χ1v) is 18.0. The molecule has 1 aliphatic heterocycles. The number of nitrogens with zero attached hydrogens (tertiary/aromatic N) is 4. The van der Waals surface area contributed by atoms with E-state index < -0.39 is 0 Å². The smallest absolute Gasteiger partial charge is 0.669 e. The maximum atomic E-state index is 6.57. The third-order valence-electron chi connectivity index (χ3n) is 9.02. The van der Waals surface area contributed by atoms with Crippen molar-refractivity contribution in [3.8, 4) is 73.3 Å². The van der Waals surface area contributed by atoms with Crippen LogP contribution in [0.25, 0.3) is 55.8 Å². The van der Waals surface area contributed by atoms with E-state index in [4.69, 9.17) is 11.2 Å². The van der Waals surface area contributed by atoms with Gasteiger partial charge in [-0.2, -0.15) is 42.7 Å². The molecule has 0 amide bonds. The average molecular weight is 1110 g/mol. The molecule has 0 saturated carbocycles. The van der Waals surface area contributed by atoms with Gasteiger partial charge in [0.05, 0.1) is 0 Å². The number of anilines is 1. The summed E-state index contributed by atoms with van der Waals surface area (Å²) in [5.41, 5.74) is 10.9. The zero-order valence-electron chi connectivity index (χ0n) is 31.2. The summed E-state index contributed by atoms with van der Waals surface area (Å²) >= 11 is 0. The largest absolute Gasteiger partial charge is 4.00 e. The second-order valence-corrected chi connectivity index (χ2v) is 12.8. The molecule has 0 spiro atoms. The van der Waals surface area contributed by atoms with Gasteiger partial charge in [-0.1, -0.05) is 90.2 Å². The van der Waals surface area contributed by atoms with Crippen LogP contribution < -0.4 is 9.64 Å². The van der Waals surface area contributed by atoms with Crippen molar-refractivity contribution < 1.29 is 46.9 Å². The minimum atomic E-state index is 0. The minimum absolute atomic E-state index is 0. The number of ether oxygens (including phenoxy) is 1. The summed E-state index contributed by atoms with van der Waals surface area (Å²) in [6.07, 6.45) is 15.8. The van der Waals surface area contributed by atoms with Crippen LogP contribution in [0.15, 0.2) is 177 Å². The first-order valence-electron chi connectivity index (χ1n) is 18.0. The molecule has 8 aromatic rings. The monoisotopic (exact) mass is 1110 g/mol. The zero-order valence-corrected chi connectivity index (χ0v) is 35.7. The molecular formula is C51H33N4OPt2-3. The Labute approximate surface area is 369 Å². The van der Waals surface area contributed by atoms with Gasteiger partial charge in [-0.25, -0.2) is 23.2 Å². The third-order valence-corrected chi connectivity index (χ3v) is 9.02. The number of pyridine rings is 1. The van der Waals surface area contributed by atoms with Crippen molar-refractivity contribution in [1.82, 2.24) is 14.5 Å². The van der Waals surface area contributed by atoms with Gasteiger partial charge < -0.3 is 42.1 Å². The molecule has 3 heterocycles. The van der Waals surface area contributed by atoms with Crippen molar-refractivity contribution in [2.75, 3.05) is 11.9 Å². The van der Waals surface area contributed by atoms with Crippen LogP contribution in [-0.2, 0) is 42.1 Å². The van der Waals surface area contributed by atoms with E-state index in [2.05, 4.69) is 126 Å². The molecule has 9 rings (SSSR count). The van der Waals surface area contributed by atoms with E-state index in [9.17, 15) is 0 Å². The van der Waals surface area contributed by atoms with Gasteiger partial charge in [0.15, 0.2) is 0 Å². The predicted molar refractivity (Wildman–Crippen MR) is 223 cm³/mol. The summed E-state index contributed by atoms with van der Waals surface area (Å²) in [6, 6.07) is 68.1. The molecule has 0 radical (unpaired) electrons. The van der Waals surface area contributed by atoms with Gasteiger partial charge in [-0.15, -0.1) is 36.0 Å². The van der Waals surface area contributed by atoms with Gasteiger partial charge in [-0.05, 0) is 65.6 Å². The Bertz CT molecular complexity index is 2560. The van der Waals surface area contributed by atoms with Crippen molar-refractivity contribution >= 4 is 5.69 Å². The van der Waals surface area contributed by atoms with E-state index in [0.29, 0.717) is 22.8 Å². The summed E-state index contributed by atoms with van der Waals surface area (Å²) in [7, 11) is 1.98. The number of hydrogen-bond acceptors (Lipinski definition) is 4. The van der Waals surface area contributed by atoms with Crippen molar-refractivity contribution in [1.29, 1.82) is 0 Å². The van der Waals surface area contributed by atoms with Crippen molar-refractivity contribution in [3.05, 3.63) is 220 Å². The van der Waals surface area contributed by atoms with E-state index in [0.717, 1.165) is 22.4 Å². The molecule has 2 aromatic heterocycles. The number of hydrogen-bond donors (Lipinski definition) is 0. The Morgan fingerprint density at radius 2 is 1.34 bits per heavy atom. The normalized spacial score (nSPS) is 11.4. The Balaban J connectivity index is 0.000000572. The Hall–Kier alpha value is -6.17. The van der Waals surface area contributed by atoms with Gasteiger partial charge in [0.25, 0.3) is 0 Å². The number of aromatic nitrogens is 2. The minimum Gasteiger partial charge on any atom is -0.669 e. The first-order chi connectivity index (χ1) is 27.6. The molecule has 0 bridgehead atoms. The molecular weight excluding hydrogens is 1070 g/mol. The van der Waals surface area contributed by atoms with Gasteiger partial charge in [0.1, 0.15) is 0 Å². The second kappa shape index (κ2) is 19.8. The molecule has 0 fully saturated rings. The molecule has 6 aromatic carbocycles. The summed E-state index contributed by atoms with van der Waals surface area (Å²) in [4.78, 5) is 8.56. The van der Waals surface area contributed by atoms with Crippen LogP contribution in [0.4, 0.5) is 5.69 Å². The summed E-state index contributed by atoms with van der Waals surface area (Å²) < 4.78 is 7.71. The van der Waals surface area contributed by atoms with E-state index in [1.54, 1.807) is 23.2 Å². The molecule has 0 unspecified atom stereocenters. The zero-order chi connectivity index (χ0) is 38.1. The van der Waals surface area contributed by atoms with Gasteiger partial charge in [-0.3, -0.25) is 12.1 Å². The third kappa shape index (κ3) is 9.85. The molecule has 58 heavy (non-hydrogen) atoms. The van der Waals surface area contributed by atoms with Crippen LogP contribution in [0, 0.1) is 49.5 Å². The van der Waals surface area contributed by atoms with Crippen molar-refractivity contribution in [3.63, 3.8) is 0 Å².